The molecule has 0 saturated heterocycles. The first-order valence-electron chi connectivity index (χ1n) is 9.94. The number of hydrogen-bond donors (Lipinski definition) is 3. The van der Waals surface area contributed by atoms with Crippen LogP contribution in [0.4, 0.5) is 0 Å². The monoisotopic (exact) mass is 346 g/mol. The van der Waals surface area contributed by atoms with Crippen molar-refractivity contribution >= 4 is 11.9 Å². The molecule has 140 valence electrons. The number of nitrogens with zero attached hydrogens (tertiary/aromatic N) is 1. The Labute approximate surface area is 149 Å². The number of hydrazine groups is 3. The molecule has 0 fully saturated rings. The number of rotatable bonds is 19. The van der Waals surface area contributed by atoms with Crippen LogP contribution in [0.25, 0.3) is 0 Å². The predicted octanol–water partition coefficient (Wildman–Crippen LogP) is 5.45. The van der Waals surface area contributed by atoms with Crippen molar-refractivity contribution in [3.63, 3.8) is 0 Å². The van der Waals surface area contributed by atoms with Gasteiger partial charge in [-0.15, -0.1) is 5.23 Å². The van der Waals surface area contributed by atoms with Crippen LogP contribution in [-0.2, 0) is 0 Å². The maximum atomic E-state index is 5.24. The zero-order valence-electron chi connectivity index (χ0n) is 15.5. The third-order valence-electron chi connectivity index (χ3n) is 4.27. The smallest absolute Gasteiger partial charge is 0.00919 e. The fourth-order valence-electron chi connectivity index (χ4n) is 2.84. The van der Waals surface area contributed by atoms with E-state index in [2.05, 4.69) is 11.8 Å². The van der Waals surface area contributed by atoms with E-state index in [9.17, 15) is 0 Å². The second-order valence-corrected chi connectivity index (χ2v) is 7.53. The quantitative estimate of drug-likeness (QED) is 0.126. The van der Waals surface area contributed by atoms with Gasteiger partial charge in [-0.05, 0) is 6.42 Å². The highest BCUT2D eigenvalue weighted by Crippen LogP contribution is 2.14. The minimum absolute atomic E-state index is 1.01. The van der Waals surface area contributed by atoms with Crippen molar-refractivity contribution < 1.29 is 0 Å². The predicted molar refractivity (Wildman–Crippen MR) is 105 cm³/mol. The molecule has 0 aliphatic rings. The van der Waals surface area contributed by atoms with E-state index in [4.69, 9.17) is 11.7 Å². The van der Waals surface area contributed by atoms with Crippen molar-refractivity contribution in [3.05, 3.63) is 0 Å². The van der Waals surface area contributed by atoms with Crippen molar-refractivity contribution in [3.8, 4) is 0 Å². The topological polar surface area (TPSA) is 67.3 Å². The van der Waals surface area contributed by atoms with E-state index in [1.165, 1.54) is 103 Å². The molecule has 5 heteroatoms. The fourth-order valence-corrected chi connectivity index (χ4v) is 3.43. The van der Waals surface area contributed by atoms with Gasteiger partial charge < -0.3 is 0 Å². The summed E-state index contributed by atoms with van der Waals surface area (Å²) in [7, 11) is 0. The molecule has 0 aliphatic carbocycles. The number of nitrogens with two attached hydrogens (primary N) is 2. The van der Waals surface area contributed by atoms with Gasteiger partial charge >= 0.3 is 0 Å². The second kappa shape index (κ2) is 20.2. The van der Waals surface area contributed by atoms with E-state index < -0.39 is 0 Å². The maximum absolute atomic E-state index is 5.24. The Bertz CT molecular complexity index is 215. The number of unbranched alkanes of at least 4 members (excludes halogenated alkanes) is 15. The molecule has 0 aliphatic heterocycles. The maximum Gasteiger partial charge on any atom is 0.00919 e. The molecule has 5 N–H and O–H groups in total. The Morgan fingerprint density at radius 2 is 0.957 bits per heavy atom. The Morgan fingerprint density at radius 1 is 0.609 bits per heavy atom. The average Bonchev–Trinajstić information content (AvgIpc) is 2.53. The molecule has 0 radical (unpaired) electrons. The van der Waals surface area contributed by atoms with Gasteiger partial charge in [0.1, 0.15) is 0 Å². The third-order valence-corrected chi connectivity index (χ3v) is 5.10. The Balaban J connectivity index is 2.95. The highest BCUT2D eigenvalue weighted by Gasteiger charge is 1.95. The van der Waals surface area contributed by atoms with Gasteiger partial charge in [0.2, 0.25) is 0 Å². The van der Waals surface area contributed by atoms with E-state index >= 15 is 0 Å². The SMILES string of the molecule is CCCCCCCCCCCCCCCCCCSNN(N)N. The molecule has 0 heterocycles. The van der Waals surface area contributed by atoms with Gasteiger partial charge in [0.25, 0.3) is 0 Å². The van der Waals surface area contributed by atoms with Crippen molar-refractivity contribution in [2.24, 2.45) is 11.7 Å². The fraction of sp³-hybridized carbons (Fsp3) is 1.00. The first-order valence-corrected chi connectivity index (χ1v) is 10.9. The van der Waals surface area contributed by atoms with Crippen LogP contribution in [0.15, 0.2) is 0 Å². The van der Waals surface area contributed by atoms with E-state index in [0.29, 0.717) is 0 Å². The van der Waals surface area contributed by atoms with Crippen molar-refractivity contribution in [1.29, 1.82) is 0 Å². The molecule has 0 rings (SSSR count). The van der Waals surface area contributed by atoms with Crippen LogP contribution >= 0.6 is 11.9 Å². The molecule has 0 aromatic carbocycles. The zero-order valence-corrected chi connectivity index (χ0v) is 16.3. The van der Waals surface area contributed by atoms with E-state index in [1.54, 1.807) is 11.9 Å². The lowest BCUT2D eigenvalue weighted by atomic mass is 10.0. The van der Waals surface area contributed by atoms with Crippen LogP contribution < -0.4 is 16.5 Å². The average molecular weight is 347 g/mol. The van der Waals surface area contributed by atoms with Crippen molar-refractivity contribution in [2.45, 2.75) is 110 Å². The van der Waals surface area contributed by atoms with Gasteiger partial charge in [0, 0.05) is 5.75 Å². The van der Waals surface area contributed by atoms with E-state index in [1.807, 2.05) is 0 Å². The molecule has 0 amide bonds. The lowest BCUT2D eigenvalue weighted by molar-refractivity contribution is 0.268. The molecule has 0 unspecified atom stereocenters. The highest BCUT2D eigenvalue weighted by molar-refractivity contribution is 7.97. The molecule has 0 spiro atoms. The molecule has 0 saturated carbocycles. The molecular weight excluding hydrogens is 304 g/mol. The molecule has 0 bridgehead atoms. The van der Waals surface area contributed by atoms with E-state index in [0.717, 1.165) is 11.0 Å². The number of hydrogen-bond acceptors (Lipinski definition) is 5. The van der Waals surface area contributed by atoms with Crippen LogP contribution in [0.3, 0.4) is 0 Å². The van der Waals surface area contributed by atoms with Crippen LogP contribution in [0.5, 0.6) is 0 Å². The standard InChI is InChI=1S/C18H42N4S/c1-2-3-4-5-6-7-8-9-10-11-12-13-14-15-16-17-18-23-21-22(19)20/h21H,2-20H2,1H3. The highest BCUT2D eigenvalue weighted by atomic mass is 32.2. The molecule has 0 aromatic rings. The van der Waals surface area contributed by atoms with Gasteiger partial charge in [0.15, 0.2) is 0 Å². The van der Waals surface area contributed by atoms with Gasteiger partial charge in [-0.3, -0.25) is 0 Å². The van der Waals surface area contributed by atoms with Gasteiger partial charge in [0.05, 0.1) is 0 Å². The summed E-state index contributed by atoms with van der Waals surface area (Å²) in [5.74, 6) is 11.6. The minimum Gasteiger partial charge on any atom is -0.240 e. The normalized spacial score (nSPS) is 11.5. The van der Waals surface area contributed by atoms with Crippen LogP contribution in [-0.4, -0.2) is 11.0 Å². The summed E-state index contributed by atoms with van der Waals surface area (Å²) in [4.78, 5) is 2.80. The summed E-state index contributed by atoms with van der Waals surface area (Å²) in [5.41, 5.74) is 0. The molecule has 0 atom stereocenters. The summed E-state index contributed by atoms with van der Waals surface area (Å²) >= 11 is 1.57. The van der Waals surface area contributed by atoms with E-state index in [-0.39, 0.29) is 0 Å². The number of nitrogens with one attached hydrogen (secondary N) is 1. The summed E-state index contributed by atoms with van der Waals surface area (Å²) in [6, 6.07) is 0. The van der Waals surface area contributed by atoms with Crippen LogP contribution in [0.1, 0.15) is 110 Å². The molecular formula is C18H42N4S. The first kappa shape index (κ1) is 23.2. The zero-order chi connectivity index (χ0) is 17.0. The van der Waals surface area contributed by atoms with Gasteiger partial charge in [-0.2, -0.15) is 4.83 Å². The Hall–Kier alpha value is 0.190. The summed E-state index contributed by atoms with van der Waals surface area (Å²) in [6.45, 7) is 2.29. The van der Waals surface area contributed by atoms with Crippen molar-refractivity contribution in [2.75, 3.05) is 5.75 Å². The van der Waals surface area contributed by atoms with Crippen LogP contribution in [0.2, 0.25) is 0 Å². The van der Waals surface area contributed by atoms with Crippen molar-refractivity contribution in [1.82, 2.24) is 10.1 Å². The third kappa shape index (κ3) is 22.2. The van der Waals surface area contributed by atoms with Gasteiger partial charge in [-0.1, -0.05) is 115 Å². The molecule has 23 heavy (non-hydrogen) atoms. The second-order valence-electron chi connectivity index (χ2n) is 6.65. The molecule has 4 nitrogen and oxygen atoms in total. The summed E-state index contributed by atoms with van der Waals surface area (Å²) in [6.07, 6.45) is 22.6. The Kier molecular flexibility index (Phi) is 20.4. The minimum atomic E-state index is 1.01. The first-order chi connectivity index (χ1) is 11.3. The summed E-state index contributed by atoms with van der Waals surface area (Å²) in [5, 5.41) is 1.01. The molecule has 0 aromatic heterocycles. The van der Waals surface area contributed by atoms with Crippen LogP contribution in [0, 0.1) is 0 Å². The largest absolute Gasteiger partial charge is 0.240 e. The summed E-state index contributed by atoms with van der Waals surface area (Å²) < 4.78 is 0. The van der Waals surface area contributed by atoms with Gasteiger partial charge in [-0.25, -0.2) is 11.7 Å². The Morgan fingerprint density at radius 3 is 1.30 bits per heavy atom. The lowest BCUT2D eigenvalue weighted by Gasteiger charge is -2.09. The lowest BCUT2D eigenvalue weighted by Crippen LogP contribution is -2.45.